The Balaban J connectivity index is 1.39. The standard InChI is InChI=1S/C21H24N4O2/c22-20(16-9-11-27-12-10-16)21(26)24-17-7-5-15(6-8-17)13-25-14-23-18-3-1-2-4-19(18)25/h1-8,14,16,20H,9-13,22H2,(H,24,26). The Hall–Kier alpha value is -2.70. The number of hydrogen-bond donors (Lipinski definition) is 2. The van der Waals surface area contributed by atoms with Gasteiger partial charge in [-0.05, 0) is 48.6 Å². The Morgan fingerprint density at radius 1 is 1.19 bits per heavy atom. The first-order chi connectivity index (χ1) is 13.2. The number of fused-ring (bicyclic) bond motifs is 1. The second-order valence-corrected chi connectivity index (χ2v) is 7.02. The summed E-state index contributed by atoms with van der Waals surface area (Å²) in [5.41, 5.74) is 10.1. The number of benzene rings is 2. The van der Waals surface area contributed by atoms with E-state index in [-0.39, 0.29) is 11.8 Å². The number of carbonyl (C=O) groups is 1. The molecule has 1 amide bonds. The zero-order valence-corrected chi connectivity index (χ0v) is 15.2. The van der Waals surface area contributed by atoms with Gasteiger partial charge in [0.15, 0.2) is 0 Å². The molecule has 1 saturated heterocycles. The van der Waals surface area contributed by atoms with Crippen LogP contribution in [0, 0.1) is 5.92 Å². The monoisotopic (exact) mass is 364 g/mol. The Morgan fingerprint density at radius 3 is 2.70 bits per heavy atom. The predicted octanol–water partition coefficient (Wildman–Crippen LogP) is 2.78. The van der Waals surface area contributed by atoms with Gasteiger partial charge in [0.25, 0.3) is 0 Å². The van der Waals surface area contributed by atoms with Crippen LogP contribution in [0.15, 0.2) is 54.9 Å². The van der Waals surface area contributed by atoms with Crippen LogP contribution in [0.2, 0.25) is 0 Å². The second-order valence-electron chi connectivity index (χ2n) is 7.02. The Labute approximate surface area is 158 Å². The number of nitrogens with zero attached hydrogens (tertiary/aromatic N) is 2. The molecule has 1 aromatic heterocycles. The van der Waals surface area contributed by atoms with Crippen LogP contribution in [0.1, 0.15) is 18.4 Å². The lowest BCUT2D eigenvalue weighted by Gasteiger charge is -2.26. The third kappa shape index (κ3) is 4.02. The molecule has 1 atom stereocenters. The van der Waals surface area contributed by atoms with Gasteiger partial charge in [0.1, 0.15) is 0 Å². The van der Waals surface area contributed by atoms with Gasteiger partial charge in [-0.3, -0.25) is 4.79 Å². The van der Waals surface area contributed by atoms with Crippen molar-refractivity contribution in [3.63, 3.8) is 0 Å². The number of hydrogen-bond acceptors (Lipinski definition) is 4. The Kier molecular flexibility index (Phi) is 5.18. The third-order valence-corrected chi connectivity index (χ3v) is 5.18. The number of ether oxygens (including phenoxy) is 1. The summed E-state index contributed by atoms with van der Waals surface area (Å²) in [6, 6.07) is 15.5. The zero-order chi connectivity index (χ0) is 18.6. The highest BCUT2D eigenvalue weighted by Gasteiger charge is 2.26. The van der Waals surface area contributed by atoms with Crippen molar-refractivity contribution in [2.75, 3.05) is 18.5 Å². The molecule has 3 N–H and O–H groups in total. The normalized spacial score (nSPS) is 16.3. The van der Waals surface area contributed by atoms with Gasteiger partial charge in [-0.1, -0.05) is 24.3 Å². The highest BCUT2D eigenvalue weighted by atomic mass is 16.5. The fraction of sp³-hybridized carbons (Fsp3) is 0.333. The molecule has 27 heavy (non-hydrogen) atoms. The first-order valence-corrected chi connectivity index (χ1v) is 9.34. The second kappa shape index (κ2) is 7.90. The van der Waals surface area contributed by atoms with Crippen LogP contribution in [0.4, 0.5) is 5.69 Å². The van der Waals surface area contributed by atoms with Crippen molar-refractivity contribution in [3.8, 4) is 0 Å². The number of para-hydroxylation sites is 2. The van der Waals surface area contributed by atoms with Crippen LogP contribution in [0.5, 0.6) is 0 Å². The molecule has 1 unspecified atom stereocenters. The van der Waals surface area contributed by atoms with Gasteiger partial charge in [-0.25, -0.2) is 4.98 Å². The zero-order valence-electron chi connectivity index (χ0n) is 15.2. The molecule has 0 aliphatic carbocycles. The van der Waals surface area contributed by atoms with E-state index in [4.69, 9.17) is 10.5 Å². The summed E-state index contributed by atoms with van der Waals surface area (Å²) in [7, 11) is 0. The molecule has 6 heteroatoms. The highest BCUT2D eigenvalue weighted by molar-refractivity contribution is 5.94. The minimum absolute atomic E-state index is 0.129. The molecule has 0 radical (unpaired) electrons. The third-order valence-electron chi connectivity index (χ3n) is 5.18. The van der Waals surface area contributed by atoms with Crippen LogP contribution < -0.4 is 11.1 Å². The van der Waals surface area contributed by atoms with Gasteiger partial charge >= 0.3 is 0 Å². The van der Waals surface area contributed by atoms with Crippen molar-refractivity contribution in [3.05, 3.63) is 60.4 Å². The molecular formula is C21H24N4O2. The SMILES string of the molecule is NC(C(=O)Nc1ccc(Cn2cnc3ccccc32)cc1)C1CCOCC1. The molecule has 140 valence electrons. The highest BCUT2D eigenvalue weighted by Crippen LogP contribution is 2.20. The molecule has 3 aromatic rings. The van der Waals surface area contributed by atoms with E-state index in [0.717, 1.165) is 41.7 Å². The lowest BCUT2D eigenvalue weighted by molar-refractivity contribution is -0.119. The van der Waals surface area contributed by atoms with Crippen LogP contribution in [-0.2, 0) is 16.1 Å². The van der Waals surface area contributed by atoms with Gasteiger partial charge in [0.05, 0.1) is 23.4 Å². The number of nitrogens with two attached hydrogens (primary N) is 1. The van der Waals surface area contributed by atoms with Gasteiger partial charge in [0.2, 0.25) is 5.91 Å². The average molecular weight is 364 g/mol. The maximum Gasteiger partial charge on any atom is 0.241 e. The molecule has 0 spiro atoms. The molecule has 0 saturated carbocycles. The number of nitrogens with one attached hydrogen (secondary N) is 1. The molecule has 1 aliphatic heterocycles. The van der Waals surface area contributed by atoms with Crippen molar-refractivity contribution in [2.45, 2.75) is 25.4 Å². The van der Waals surface area contributed by atoms with E-state index >= 15 is 0 Å². The van der Waals surface area contributed by atoms with E-state index in [9.17, 15) is 4.79 Å². The lowest BCUT2D eigenvalue weighted by atomic mass is 9.92. The number of aromatic nitrogens is 2. The molecule has 1 fully saturated rings. The minimum Gasteiger partial charge on any atom is -0.381 e. The van der Waals surface area contributed by atoms with E-state index in [2.05, 4.69) is 20.9 Å². The summed E-state index contributed by atoms with van der Waals surface area (Å²) in [5, 5.41) is 2.93. The van der Waals surface area contributed by atoms with E-state index in [0.29, 0.717) is 13.2 Å². The van der Waals surface area contributed by atoms with Crippen molar-refractivity contribution in [1.82, 2.24) is 9.55 Å². The number of anilines is 1. The molecule has 1 aliphatic rings. The molecule has 0 bridgehead atoms. The summed E-state index contributed by atoms with van der Waals surface area (Å²) in [6.07, 6.45) is 3.53. The minimum atomic E-state index is -0.495. The van der Waals surface area contributed by atoms with Crippen molar-refractivity contribution < 1.29 is 9.53 Å². The van der Waals surface area contributed by atoms with Gasteiger partial charge in [0, 0.05) is 25.4 Å². The van der Waals surface area contributed by atoms with Gasteiger partial charge in [-0.2, -0.15) is 0 Å². The van der Waals surface area contributed by atoms with Crippen molar-refractivity contribution >= 4 is 22.6 Å². The summed E-state index contributed by atoms with van der Waals surface area (Å²) in [5.74, 6) is 0.0581. The van der Waals surface area contributed by atoms with Gasteiger partial charge in [-0.15, -0.1) is 0 Å². The summed E-state index contributed by atoms with van der Waals surface area (Å²) < 4.78 is 7.45. The van der Waals surface area contributed by atoms with Gasteiger partial charge < -0.3 is 20.4 Å². The molecule has 2 heterocycles. The Bertz CT molecular complexity index is 913. The largest absolute Gasteiger partial charge is 0.381 e. The molecule has 2 aromatic carbocycles. The summed E-state index contributed by atoms with van der Waals surface area (Å²) in [6.45, 7) is 2.10. The first-order valence-electron chi connectivity index (χ1n) is 9.34. The lowest BCUT2D eigenvalue weighted by Crippen LogP contribution is -2.43. The quantitative estimate of drug-likeness (QED) is 0.729. The molecular weight excluding hydrogens is 340 g/mol. The van der Waals surface area contributed by atoms with Crippen LogP contribution in [0.25, 0.3) is 11.0 Å². The average Bonchev–Trinajstić information content (AvgIpc) is 3.12. The number of rotatable bonds is 5. The Morgan fingerprint density at radius 2 is 1.93 bits per heavy atom. The maximum atomic E-state index is 12.4. The summed E-state index contributed by atoms with van der Waals surface area (Å²) in [4.78, 5) is 16.8. The predicted molar refractivity (Wildman–Crippen MR) is 105 cm³/mol. The van der Waals surface area contributed by atoms with E-state index < -0.39 is 6.04 Å². The molecule has 6 nitrogen and oxygen atoms in total. The fourth-order valence-corrected chi connectivity index (χ4v) is 3.54. The van der Waals surface area contributed by atoms with Crippen molar-refractivity contribution in [2.24, 2.45) is 11.7 Å². The number of imidazole rings is 1. The number of carbonyl (C=O) groups excluding carboxylic acids is 1. The van der Waals surface area contributed by atoms with Crippen LogP contribution in [-0.4, -0.2) is 34.7 Å². The smallest absolute Gasteiger partial charge is 0.241 e. The first kappa shape index (κ1) is 17.7. The van der Waals surface area contributed by atoms with E-state index in [1.807, 2.05) is 48.8 Å². The van der Waals surface area contributed by atoms with Crippen LogP contribution >= 0.6 is 0 Å². The van der Waals surface area contributed by atoms with Crippen molar-refractivity contribution in [1.29, 1.82) is 0 Å². The maximum absolute atomic E-state index is 12.4. The van der Waals surface area contributed by atoms with E-state index in [1.54, 1.807) is 0 Å². The number of amides is 1. The molecule has 4 rings (SSSR count). The van der Waals surface area contributed by atoms with E-state index in [1.165, 1.54) is 0 Å². The summed E-state index contributed by atoms with van der Waals surface area (Å²) >= 11 is 0. The topological polar surface area (TPSA) is 82.2 Å². The van der Waals surface area contributed by atoms with Crippen LogP contribution in [0.3, 0.4) is 0 Å². The fourth-order valence-electron chi connectivity index (χ4n) is 3.54.